The minimum Gasteiger partial charge on any atom is -0.469 e. The molecule has 0 atom stereocenters. The van der Waals surface area contributed by atoms with Gasteiger partial charge in [-0.1, -0.05) is 4.49 Å². The summed E-state index contributed by atoms with van der Waals surface area (Å²) in [5, 5.41) is 3.62. The van der Waals surface area contributed by atoms with E-state index in [4.69, 9.17) is 4.74 Å². The molecule has 1 heterocycles. The second kappa shape index (κ2) is 7.72. The molecular weight excluding hydrogens is 258 g/mol. The van der Waals surface area contributed by atoms with Crippen LogP contribution in [0, 0.1) is 0 Å². The molecule has 0 radical (unpaired) electrons. The largest absolute Gasteiger partial charge is 0.469 e. The Bertz CT molecular complexity index is 382. The minimum atomic E-state index is -0.354. The first-order chi connectivity index (χ1) is 8.69. The molecule has 0 bridgehead atoms. The van der Waals surface area contributed by atoms with Crippen molar-refractivity contribution in [2.45, 2.75) is 6.42 Å². The Kier molecular flexibility index (Phi) is 6.23. The van der Waals surface area contributed by atoms with Crippen molar-refractivity contribution in [1.82, 2.24) is 14.5 Å². The fourth-order valence-electron chi connectivity index (χ4n) is 1.26. The third kappa shape index (κ3) is 4.38. The lowest BCUT2D eigenvalue weighted by Crippen LogP contribution is -2.35. The van der Waals surface area contributed by atoms with E-state index in [0.717, 1.165) is 11.5 Å². The van der Waals surface area contributed by atoms with Gasteiger partial charge in [0.15, 0.2) is 0 Å². The van der Waals surface area contributed by atoms with E-state index in [1.807, 2.05) is 0 Å². The lowest BCUT2D eigenvalue weighted by Gasteiger charge is -2.20. The molecule has 1 aromatic heterocycles. The molecule has 18 heavy (non-hydrogen) atoms. The minimum absolute atomic E-state index is 0.151. The van der Waals surface area contributed by atoms with E-state index in [-0.39, 0.29) is 24.8 Å². The van der Waals surface area contributed by atoms with Gasteiger partial charge in [0.25, 0.3) is 5.91 Å². The third-order valence-electron chi connectivity index (χ3n) is 2.24. The monoisotopic (exact) mass is 273 g/mol. The molecule has 0 aliphatic carbocycles. The Morgan fingerprint density at radius 1 is 1.39 bits per heavy atom. The van der Waals surface area contributed by atoms with Crippen LogP contribution in [-0.2, 0) is 14.3 Å². The molecule has 100 valence electrons. The summed E-state index contributed by atoms with van der Waals surface area (Å²) in [5.41, 5.74) is 0. The third-order valence-corrected chi connectivity index (χ3v) is 2.89. The number of esters is 1. The van der Waals surface area contributed by atoms with Gasteiger partial charge in [0, 0.05) is 20.2 Å². The van der Waals surface area contributed by atoms with Gasteiger partial charge in [-0.3, -0.25) is 9.59 Å². The average molecular weight is 273 g/mol. The summed E-state index contributed by atoms with van der Waals surface area (Å²) in [7, 11) is 2.87. The highest BCUT2D eigenvalue weighted by atomic mass is 32.1. The van der Waals surface area contributed by atoms with Gasteiger partial charge in [0.1, 0.15) is 4.88 Å². The van der Waals surface area contributed by atoms with E-state index < -0.39 is 0 Å². The van der Waals surface area contributed by atoms with Crippen molar-refractivity contribution < 1.29 is 19.1 Å². The van der Waals surface area contributed by atoms with Crippen LogP contribution in [0.4, 0.5) is 0 Å². The van der Waals surface area contributed by atoms with Crippen LogP contribution < -0.4 is 0 Å². The lowest BCUT2D eigenvalue weighted by atomic mass is 10.3. The molecular formula is C10H15N3O4S. The zero-order valence-electron chi connectivity index (χ0n) is 10.3. The Morgan fingerprint density at radius 2 is 2.17 bits per heavy atom. The first-order valence-corrected chi connectivity index (χ1v) is 6.08. The average Bonchev–Trinajstić information content (AvgIpc) is 2.91. The summed E-state index contributed by atoms with van der Waals surface area (Å²) >= 11 is 1.02. The molecule has 0 saturated heterocycles. The predicted octanol–water partition coefficient (Wildman–Crippen LogP) is 0.190. The maximum Gasteiger partial charge on any atom is 0.307 e. The number of carbonyl (C=O) groups excluding carboxylic acids is 2. The van der Waals surface area contributed by atoms with Gasteiger partial charge in [-0.25, -0.2) is 0 Å². The van der Waals surface area contributed by atoms with E-state index >= 15 is 0 Å². The highest BCUT2D eigenvalue weighted by molar-refractivity contribution is 7.07. The fraction of sp³-hybridized carbons (Fsp3) is 0.600. The first kappa shape index (κ1) is 14.5. The van der Waals surface area contributed by atoms with Crippen molar-refractivity contribution in [2.75, 3.05) is 33.9 Å². The van der Waals surface area contributed by atoms with E-state index in [1.54, 1.807) is 7.11 Å². The molecule has 0 aliphatic heterocycles. The molecule has 1 rings (SSSR count). The van der Waals surface area contributed by atoms with Crippen LogP contribution in [0.25, 0.3) is 0 Å². The maximum absolute atomic E-state index is 12.1. The second-order valence-electron chi connectivity index (χ2n) is 3.39. The van der Waals surface area contributed by atoms with E-state index in [1.165, 1.54) is 18.2 Å². The van der Waals surface area contributed by atoms with Gasteiger partial charge in [-0.2, -0.15) is 0 Å². The Hall–Kier alpha value is -1.54. The van der Waals surface area contributed by atoms with E-state index in [2.05, 4.69) is 14.3 Å². The molecule has 0 unspecified atom stereocenters. The van der Waals surface area contributed by atoms with Crippen LogP contribution in [0.2, 0.25) is 0 Å². The first-order valence-electron chi connectivity index (χ1n) is 5.31. The lowest BCUT2D eigenvalue weighted by molar-refractivity contribution is -0.140. The molecule has 0 aromatic carbocycles. The maximum atomic E-state index is 12.1. The number of amides is 1. The Morgan fingerprint density at radius 3 is 2.72 bits per heavy atom. The summed E-state index contributed by atoms with van der Waals surface area (Å²) in [6.07, 6.45) is 1.56. The topological polar surface area (TPSA) is 81.6 Å². The smallest absolute Gasteiger partial charge is 0.307 e. The molecule has 0 saturated carbocycles. The highest BCUT2D eigenvalue weighted by Crippen LogP contribution is 2.08. The quantitative estimate of drug-likeness (QED) is 0.660. The van der Waals surface area contributed by atoms with Gasteiger partial charge in [0.05, 0.1) is 26.3 Å². The summed E-state index contributed by atoms with van der Waals surface area (Å²) < 4.78 is 13.1. The number of carbonyl (C=O) groups is 2. The van der Waals surface area contributed by atoms with Crippen molar-refractivity contribution in [3.8, 4) is 0 Å². The molecule has 0 aliphatic rings. The summed E-state index contributed by atoms with van der Waals surface area (Å²) in [4.78, 5) is 25.1. The normalized spacial score (nSPS) is 10.1. The number of nitrogens with zero attached hydrogens (tertiary/aromatic N) is 3. The fourth-order valence-corrected chi connectivity index (χ4v) is 1.75. The zero-order valence-corrected chi connectivity index (χ0v) is 11.1. The number of ether oxygens (including phenoxy) is 2. The van der Waals surface area contributed by atoms with Crippen LogP contribution in [0.3, 0.4) is 0 Å². The summed E-state index contributed by atoms with van der Waals surface area (Å²) in [6.45, 7) is 1.09. The van der Waals surface area contributed by atoms with Crippen molar-refractivity contribution in [1.29, 1.82) is 0 Å². The van der Waals surface area contributed by atoms with Gasteiger partial charge in [-0.05, 0) is 11.5 Å². The zero-order chi connectivity index (χ0) is 13.4. The SMILES string of the molecule is COCCN(CCC(=O)OC)C(=O)c1cnns1. The molecule has 8 heteroatoms. The molecule has 1 aromatic rings. The van der Waals surface area contributed by atoms with Crippen LogP contribution in [-0.4, -0.2) is 60.3 Å². The van der Waals surface area contributed by atoms with Gasteiger partial charge >= 0.3 is 5.97 Å². The number of hydrogen-bond acceptors (Lipinski definition) is 7. The van der Waals surface area contributed by atoms with Crippen LogP contribution in [0.15, 0.2) is 6.20 Å². The Balaban J connectivity index is 2.59. The standard InChI is InChI=1S/C10H15N3O4S/c1-16-6-5-13(4-3-9(14)17-2)10(15)8-7-11-12-18-8/h7H,3-6H2,1-2H3. The number of aromatic nitrogens is 2. The van der Waals surface area contributed by atoms with Crippen molar-refractivity contribution in [2.24, 2.45) is 0 Å². The molecule has 0 spiro atoms. The van der Waals surface area contributed by atoms with Crippen LogP contribution in [0.5, 0.6) is 0 Å². The highest BCUT2D eigenvalue weighted by Gasteiger charge is 2.18. The van der Waals surface area contributed by atoms with Gasteiger partial charge < -0.3 is 14.4 Å². The van der Waals surface area contributed by atoms with Crippen molar-refractivity contribution in [3.63, 3.8) is 0 Å². The molecule has 0 fully saturated rings. The van der Waals surface area contributed by atoms with Gasteiger partial charge in [0.2, 0.25) is 0 Å². The summed E-state index contributed by atoms with van der Waals surface area (Å²) in [5.74, 6) is -0.557. The molecule has 0 N–H and O–H groups in total. The van der Waals surface area contributed by atoms with Crippen LogP contribution in [0.1, 0.15) is 16.1 Å². The molecule has 7 nitrogen and oxygen atoms in total. The number of methoxy groups -OCH3 is 2. The summed E-state index contributed by atoms with van der Waals surface area (Å²) in [6, 6.07) is 0. The van der Waals surface area contributed by atoms with Crippen LogP contribution >= 0.6 is 11.5 Å². The van der Waals surface area contributed by atoms with E-state index in [9.17, 15) is 9.59 Å². The predicted molar refractivity (Wildman–Crippen MR) is 64.3 cm³/mol. The van der Waals surface area contributed by atoms with Gasteiger partial charge in [-0.15, -0.1) is 5.10 Å². The van der Waals surface area contributed by atoms with Crippen molar-refractivity contribution >= 4 is 23.4 Å². The van der Waals surface area contributed by atoms with E-state index in [0.29, 0.717) is 18.0 Å². The van der Waals surface area contributed by atoms with Crippen molar-refractivity contribution in [3.05, 3.63) is 11.1 Å². The number of rotatable bonds is 7. The second-order valence-corrected chi connectivity index (χ2v) is 4.18. The number of hydrogen-bond donors (Lipinski definition) is 0. The molecule has 1 amide bonds. The Labute approximate surface area is 109 Å².